The standard InChI is InChI=1S/C18H21N3O4S/c1-3-19-17(22)12-20-18(23)14-5-4-6-16(11-14)26(24,25)21-15-9-7-13(2)8-10-15/h4-11,21H,3,12H2,1-2H3,(H,19,22)(H,20,23). The number of anilines is 1. The van der Waals surface area contributed by atoms with E-state index < -0.39 is 15.9 Å². The minimum Gasteiger partial charge on any atom is -0.355 e. The molecule has 0 aromatic heterocycles. The number of hydrogen-bond donors (Lipinski definition) is 3. The fourth-order valence-corrected chi connectivity index (χ4v) is 3.27. The molecule has 26 heavy (non-hydrogen) atoms. The number of rotatable bonds is 7. The first kappa shape index (κ1) is 19.5. The topological polar surface area (TPSA) is 104 Å². The molecule has 2 aromatic carbocycles. The van der Waals surface area contributed by atoms with Gasteiger partial charge in [-0.15, -0.1) is 0 Å². The first-order valence-electron chi connectivity index (χ1n) is 8.06. The zero-order valence-electron chi connectivity index (χ0n) is 14.6. The highest BCUT2D eigenvalue weighted by Gasteiger charge is 2.17. The molecule has 2 rings (SSSR count). The summed E-state index contributed by atoms with van der Waals surface area (Å²) in [5.41, 5.74) is 1.60. The van der Waals surface area contributed by atoms with Crippen molar-refractivity contribution >= 4 is 27.5 Å². The summed E-state index contributed by atoms with van der Waals surface area (Å²) in [6.45, 7) is 3.97. The van der Waals surface area contributed by atoms with Gasteiger partial charge in [0.1, 0.15) is 0 Å². The summed E-state index contributed by atoms with van der Waals surface area (Å²) in [4.78, 5) is 23.5. The van der Waals surface area contributed by atoms with Crippen molar-refractivity contribution < 1.29 is 18.0 Å². The summed E-state index contributed by atoms with van der Waals surface area (Å²) >= 11 is 0. The normalized spacial score (nSPS) is 10.8. The largest absolute Gasteiger partial charge is 0.355 e. The van der Waals surface area contributed by atoms with E-state index in [2.05, 4.69) is 15.4 Å². The van der Waals surface area contributed by atoms with Crippen LogP contribution >= 0.6 is 0 Å². The fraction of sp³-hybridized carbons (Fsp3) is 0.222. The molecule has 0 heterocycles. The first-order valence-corrected chi connectivity index (χ1v) is 9.54. The molecule has 0 spiro atoms. The van der Waals surface area contributed by atoms with E-state index in [0.717, 1.165) is 5.56 Å². The van der Waals surface area contributed by atoms with Crippen LogP contribution < -0.4 is 15.4 Å². The van der Waals surface area contributed by atoms with Crippen molar-refractivity contribution in [3.63, 3.8) is 0 Å². The van der Waals surface area contributed by atoms with Crippen molar-refractivity contribution in [2.75, 3.05) is 17.8 Å². The van der Waals surface area contributed by atoms with Crippen LogP contribution in [-0.2, 0) is 14.8 Å². The van der Waals surface area contributed by atoms with Crippen LogP contribution in [0.4, 0.5) is 5.69 Å². The summed E-state index contributed by atoms with van der Waals surface area (Å²) in [7, 11) is -3.83. The third kappa shape index (κ3) is 5.32. The lowest BCUT2D eigenvalue weighted by molar-refractivity contribution is -0.120. The van der Waals surface area contributed by atoms with Crippen LogP contribution in [0.15, 0.2) is 53.4 Å². The summed E-state index contributed by atoms with van der Waals surface area (Å²) < 4.78 is 27.5. The SMILES string of the molecule is CCNC(=O)CNC(=O)c1cccc(S(=O)(=O)Nc2ccc(C)cc2)c1. The number of nitrogens with one attached hydrogen (secondary N) is 3. The van der Waals surface area contributed by atoms with E-state index in [9.17, 15) is 18.0 Å². The molecule has 138 valence electrons. The van der Waals surface area contributed by atoms with E-state index in [-0.39, 0.29) is 22.9 Å². The average molecular weight is 375 g/mol. The zero-order valence-corrected chi connectivity index (χ0v) is 15.4. The first-order chi connectivity index (χ1) is 12.3. The summed E-state index contributed by atoms with van der Waals surface area (Å²) in [5, 5.41) is 5.01. The lowest BCUT2D eigenvalue weighted by Crippen LogP contribution is -2.36. The van der Waals surface area contributed by atoms with E-state index in [1.54, 1.807) is 31.2 Å². The molecule has 2 amide bonds. The quantitative estimate of drug-likeness (QED) is 0.684. The van der Waals surface area contributed by atoms with Gasteiger partial charge in [0.2, 0.25) is 5.91 Å². The summed E-state index contributed by atoms with van der Waals surface area (Å²) in [5.74, 6) is -0.839. The van der Waals surface area contributed by atoms with Gasteiger partial charge in [-0.25, -0.2) is 8.42 Å². The van der Waals surface area contributed by atoms with Gasteiger partial charge < -0.3 is 10.6 Å². The predicted molar refractivity (Wildman–Crippen MR) is 99.4 cm³/mol. The molecule has 8 heteroatoms. The second-order valence-corrected chi connectivity index (χ2v) is 7.32. The number of amides is 2. The molecule has 0 aliphatic carbocycles. The summed E-state index contributed by atoms with van der Waals surface area (Å²) in [6, 6.07) is 12.5. The molecule has 0 aliphatic rings. The van der Waals surface area contributed by atoms with Crippen LogP contribution in [0.5, 0.6) is 0 Å². The van der Waals surface area contributed by atoms with Crippen molar-refractivity contribution in [2.24, 2.45) is 0 Å². The highest BCUT2D eigenvalue weighted by molar-refractivity contribution is 7.92. The third-order valence-electron chi connectivity index (χ3n) is 3.49. The lowest BCUT2D eigenvalue weighted by Gasteiger charge is -2.10. The van der Waals surface area contributed by atoms with Gasteiger partial charge in [0.05, 0.1) is 11.4 Å². The molecule has 0 unspecified atom stereocenters. The van der Waals surface area contributed by atoms with Crippen LogP contribution in [-0.4, -0.2) is 33.3 Å². The Kier molecular flexibility index (Phi) is 6.35. The van der Waals surface area contributed by atoms with Gasteiger partial charge in [-0.2, -0.15) is 0 Å². The van der Waals surface area contributed by atoms with Gasteiger partial charge in [0, 0.05) is 17.8 Å². The van der Waals surface area contributed by atoms with Crippen molar-refractivity contribution in [3.8, 4) is 0 Å². The number of carbonyl (C=O) groups excluding carboxylic acids is 2. The molecular formula is C18H21N3O4S. The molecule has 0 bridgehead atoms. The van der Waals surface area contributed by atoms with Gasteiger partial charge in [0.15, 0.2) is 0 Å². The van der Waals surface area contributed by atoms with Gasteiger partial charge in [-0.05, 0) is 44.2 Å². The molecular weight excluding hydrogens is 354 g/mol. The minimum absolute atomic E-state index is 0.0382. The van der Waals surface area contributed by atoms with Crippen molar-refractivity contribution in [2.45, 2.75) is 18.7 Å². The fourth-order valence-electron chi connectivity index (χ4n) is 2.16. The van der Waals surface area contributed by atoms with Crippen LogP contribution in [0, 0.1) is 6.92 Å². The van der Waals surface area contributed by atoms with E-state index >= 15 is 0 Å². The van der Waals surface area contributed by atoms with Crippen molar-refractivity contribution in [1.82, 2.24) is 10.6 Å². The Labute approximate surface area is 152 Å². The molecule has 3 N–H and O–H groups in total. The van der Waals surface area contributed by atoms with Gasteiger partial charge in [0.25, 0.3) is 15.9 Å². The Hall–Kier alpha value is -2.87. The van der Waals surface area contributed by atoms with E-state index in [4.69, 9.17) is 0 Å². The number of sulfonamides is 1. The van der Waals surface area contributed by atoms with Crippen LogP contribution in [0.2, 0.25) is 0 Å². The second-order valence-electron chi connectivity index (χ2n) is 5.64. The number of benzene rings is 2. The smallest absolute Gasteiger partial charge is 0.261 e. The van der Waals surface area contributed by atoms with Crippen molar-refractivity contribution in [1.29, 1.82) is 0 Å². The Morgan fingerprint density at radius 1 is 1.00 bits per heavy atom. The lowest BCUT2D eigenvalue weighted by atomic mass is 10.2. The maximum atomic E-state index is 12.5. The van der Waals surface area contributed by atoms with E-state index in [0.29, 0.717) is 12.2 Å². The summed E-state index contributed by atoms with van der Waals surface area (Å²) in [6.07, 6.45) is 0. The number of likely N-dealkylation sites (N-methyl/N-ethyl adjacent to an activating group) is 1. The third-order valence-corrected chi connectivity index (χ3v) is 4.87. The number of aryl methyl sites for hydroxylation is 1. The average Bonchev–Trinajstić information content (AvgIpc) is 2.62. The minimum atomic E-state index is -3.83. The second kappa shape index (κ2) is 8.48. The van der Waals surface area contributed by atoms with Crippen molar-refractivity contribution in [3.05, 3.63) is 59.7 Å². The predicted octanol–water partition coefficient (Wildman–Crippen LogP) is 1.66. The Balaban J connectivity index is 2.12. The number of carbonyl (C=O) groups is 2. The highest BCUT2D eigenvalue weighted by Crippen LogP contribution is 2.17. The molecule has 0 saturated carbocycles. The Morgan fingerprint density at radius 3 is 2.35 bits per heavy atom. The molecule has 0 radical (unpaired) electrons. The van der Waals surface area contributed by atoms with Gasteiger partial charge in [-0.1, -0.05) is 23.8 Å². The maximum Gasteiger partial charge on any atom is 0.261 e. The van der Waals surface area contributed by atoms with Gasteiger partial charge >= 0.3 is 0 Å². The molecule has 2 aromatic rings. The monoisotopic (exact) mass is 375 g/mol. The molecule has 0 atom stereocenters. The molecule has 0 saturated heterocycles. The molecule has 7 nitrogen and oxygen atoms in total. The molecule has 0 aliphatic heterocycles. The Morgan fingerprint density at radius 2 is 1.69 bits per heavy atom. The van der Waals surface area contributed by atoms with Gasteiger partial charge in [-0.3, -0.25) is 14.3 Å². The van der Waals surface area contributed by atoms with Crippen LogP contribution in [0.25, 0.3) is 0 Å². The van der Waals surface area contributed by atoms with Crippen LogP contribution in [0.3, 0.4) is 0 Å². The van der Waals surface area contributed by atoms with E-state index in [1.165, 1.54) is 24.3 Å². The Bertz CT molecular complexity index is 893. The highest BCUT2D eigenvalue weighted by atomic mass is 32.2. The number of hydrogen-bond acceptors (Lipinski definition) is 4. The molecule has 0 fully saturated rings. The maximum absolute atomic E-state index is 12.5. The van der Waals surface area contributed by atoms with E-state index in [1.807, 2.05) is 6.92 Å². The van der Waals surface area contributed by atoms with Crippen LogP contribution in [0.1, 0.15) is 22.8 Å². The zero-order chi connectivity index (χ0) is 19.2.